The van der Waals surface area contributed by atoms with Crippen LogP contribution >= 0.6 is 0 Å². The van der Waals surface area contributed by atoms with Gasteiger partial charge in [0.2, 0.25) is 5.91 Å². The fourth-order valence-electron chi connectivity index (χ4n) is 3.50. The lowest BCUT2D eigenvalue weighted by Gasteiger charge is -2.12. The first kappa shape index (κ1) is 19.4. The van der Waals surface area contributed by atoms with E-state index in [1.807, 2.05) is 13.0 Å². The quantitative estimate of drug-likeness (QED) is 0.526. The highest BCUT2D eigenvalue weighted by Crippen LogP contribution is 2.14. The van der Waals surface area contributed by atoms with Crippen molar-refractivity contribution in [2.75, 3.05) is 5.32 Å². The number of benzene rings is 1. The first-order valence-electron chi connectivity index (χ1n) is 9.57. The second kappa shape index (κ2) is 7.86. The summed E-state index contributed by atoms with van der Waals surface area (Å²) in [6.07, 6.45) is 1.48. The number of rotatable bonds is 6. The van der Waals surface area contributed by atoms with Crippen molar-refractivity contribution < 1.29 is 9.21 Å². The number of hydrogen-bond acceptors (Lipinski definition) is 5. The Bertz CT molecular complexity index is 1310. The molecule has 1 amide bonds. The topological polar surface area (TPSA) is 104 Å². The fourth-order valence-corrected chi connectivity index (χ4v) is 3.50. The molecule has 0 aliphatic heterocycles. The number of anilines is 1. The van der Waals surface area contributed by atoms with Crippen LogP contribution in [0.2, 0.25) is 0 Å². The summed E-state index contributed by atoms with van der Waals surface area (Å²) in [4.78, 5) is 39.1. The SMILES string of the molecule is CCn1nc(C)c2c1c(=O)n(Cc1ccco1)c(=O)n2CC(=O)Nc1ccccc1. The van der Waals surface area contributed by atoms with Crippen LogP contribution < -0.4 is 16.6 Å². The first-order chi connectivity index (χ1) is 14.5. The molecular formula is C21H21N5O4. The average Bonchev–Trinajstić information content (AvgIpc) is 3.36. The Kier molecular flexibility index (Phi) is 5.09. The molecule has 1 N–H and O–H groups in total. The summed E-state index contributed by atoms with van der Waals surface area (Å²) >= 11 is 0. The summed E-state index contributed by atoms with van der Waals surface area (Å²) < 4.78 is 9.24. The zero-order valence-electron chi connectivity index (χ0n) is 16.7. The highest BCUT2D eigenvalue weighted by molar-refractivity contribution is 5.91. The predicted molar refractivity (Wildman–Crippen MR) is 112 cm³/mol. The molecule has 9 heteroatoms. The number of furan rings is 1. The number of carbonyl (C=O) groups is 1. The third-order valence-corrected chi connectivity index (χ3v) is 4.83. The largest absolute Gasteiger partial charge is 0.467 e. The summed E-state index contributed by atoms with van der Waals surface area (Å²) in [5, 5.41) is 7.16. The van der Waals surface area contributed by atoms with E-state index >= 15 is 0 Å². The lowest BCUT2D eigenvalue weighted by atomic mass is 10.3. The minimum Gasteiger partial charge on any atom is -0.467 e. The molecule has 3 heterocycles. The normalized spacial score (nSPS) is 11.1. The zero-order chi connectivity index (χ0) is 21.3. The molecule has 3 aromatic heterocycles. The summed E-state index contributed by atoms with van der Waals surface area (Å²) in [6, 6.07) is 12.3. The Balaban J connectivity index is 1.84. The number of carbonyl (C=O) groups excluding carboxylic acids is 1. The van der Waals surface area contributed by atoms with Crippen molar-refractivity contribution in [1.29, 1.82) is 0 Å². The zero-order valence-corrected chi connectivity index (χ0v) is 16.7. The van der Waals surface area contributed by atoms with Crippen molar-refractivity contribution >= 4 is 22.6 Å². The number of amides is 1. The highest BCUT2D eigenvalue weighted by atomic mass is 16.3. The van der Waals surface area contributed by atoms with Gasteiger partial charge >= 0.3 is 5.69 Å². The molecule has 0 saturated heterocycles. The number of nitrogens with one attached hydrogen (secondary N) is 1. The van der Waals surface area contributed by atoms with Crippen LogP contribution in [0.1, 0.15) is 18.4 Å². The van der Waals surface area contributed by atoms with Crippen molar-refractivity contribution in [3.63, 3.8) is 0 Å². The second-order valence-corrected chi connectivity index (χ2v) is 6.85. The molecule has 4 rings (SSSR count). The molecule has 0 unspecified atom stereocenters. The molecule has 0 saturated carbocycles. The van der Waals surface area contributed by atoms with E-state index < -0.39 is 11.2 Å². The van der Waals surface area contributed by atoms with Gasteiger partial charge in [0.1, 0.15) is 17.8 Å². The summed E-state index contributed by atoms with van der Waals surface area (Å²) in [5.74, 6) is 0.0876. The maximum Gasteiger partial charge on any atom is 0.332 e. The third-order valence-electron chi connectivity index (χ3n) is 4.83. The van der Waals surface area contributed by atoms with E-state index in [1.54, 1.807) is 48.0 Å². The Hall–Kier alpha value is -3.88. The lowest BCUT2D eigenvalue weighted by molar-refractivity contribution is -0.116. The molecular weight excluding hydrogens is 386 g/mol. The van der Waals surface area contributed by atoms with Crippen LogP contribution in [0, 0.1) is 6.92 Å². The number of aryl methyl sites for hydroxylation is 2. The van der Waals surface area contributed by atoms with Gasteiger partial charge in [-0.2, -0.15) is 5.10 Å². The van der Waals surface area contributed by atoms with Crippen LogP contribution in [0.4, 0.5) is 5.69 Å². The maximum absolute atomic E-state index is 13.2. The molecule has 0 aliphatic carbocycles. The van der Waals surface area contributed by atoms with E-state index in [4.69, 9.17) is 4.42 Å². The van der Waals surface area contributed by atoms with Crippen molar-refractivity contribution in [1.82, 2.24) is 18.9 Å². The van der Waals surface area contributed by atoms with Gasteiger partial charge in [0, 0.05) is 12.2 Å². The van der Waals surface area contributed by atoms with E-state index in [1.165, 1.54) is 10.8 Å². The van der Waals surface area contributed by atoms with E-state index in [9.17, 15) is 14.4 Å². The molecule has 0 aliphatic rings. The third kappa shape index (κ3) is 3.45. The molecule has 0 atom stereocenters. The van der Waals surface area contributed by atoms with Crippen LogP contribution in [-0.2, 0) is 24.4 Å². The molecule has 0 fully saturated rings. The van der Waals surface area contributed by atoms with Gasteiger partial charge in [-0.3, -0.25) is 23.4 Å². The minimum atomic E-state index is -0.592. The van der Waals surface area contributed by atoms with Crippen LogP contribution in [0.3, 0.4) is 0 Å². The van der Waals surface area contributed by atoms with Gasteiger partial charge in [-0.15, -0.1) is 0 Å². The number of hydrogen-bond donors (Lipinski definition) is 1. The van der Waals surface area contributed by atoms with Crippen LogP contribution in [0.5, 0.6) is 0 Å². The van der Waals surface area contributed by atoms with E-state index in [0.29, 0.717) is 29.2 Å². The van der Waals surface area contributed by atoms with E-state index in [2.05, 4.69) is 10.4 Å². The number of para-hydroxylation sites is 1. The van der Waals surface area contributed by atoms with Gasteiger partial charge in [0.15, 0.2) is 5.52 Å². The predicted octanol–water partition coefficient (Wildman–Crippen LogP) is 1.97. The van der Waals surface area contributed by atoms with Gasteiger partial charge < -0.3 is 9.73 Å². The van der Waals surface area contributed by atoms with Crippen molar-refractivity contribution in [3.8, 4) is 0 Å². The van der Waals surface area contributed by atoms with Gasteiger partial charge in [0.25, 0.3) is 5.56 Å². The highest BCUT2D eigenvalue weighted by Gasteiger charge is 2.22. The monoisotopic (exact) mass is 407 g/mol. The maximum atomic E-state index is 13.2. The lowest BCUT2D eigenvalue weighted by Crippen LogP contribution is -2.42. The Morgan fingerprint density at radius 1 is 1.07 bits per heavy atom. The Morgan fingerprint density at radius 3 is 2.50 bits per heavy atom. The van der Waals surface area contributed by atoms with Gasteiger partial charge in [-0.1, -0.05) is 18.2 Å². The summed E-state index contributed by atoms with van der Waals surface area (Å²) in [5.41, 5.74) is 0.731. The summed E-state index contributed by atoms with van der Waals surface area (Å²) in [6.45, 7) is 3.75. The van der Waals surface area contributed by atoms with Crippen LogP contribution in [0.15, 0.2) is 62.7 Å². The average molecular weight is 407 g/mol. The minimum absolute atomic E-state index is 0.0329. The molecule has 30 heavy (non-hydrogen) atoms. The van der Waals surface area contributed by atoms with Crippen molar-refractivity contribution in [2.45, 2.75) is 33.5 Å². The molecule has 9 nitrogen and oxygen atoms in total. The number of nitrogens with zero attached hydrogens (tertiary/aromatic N) is 4. The molecule has 0 radical (unpaired) electrons. The van der Waals surface area contributed by atoms with Crippen LogP contribution in [-0.4, -0.2) is 24.8 Å². The molecule has 4 aromatic rings. The van der Waals surface area contributed by atoms with Crippen molar-refractivity contribution in [2.24, 2.45) is 0 Å². The first-order valence-corrected chi connectivity index (χ1v) is 9.57. The van der Waals surface area contributed by atoms with Gasteiger partial charge in [-0.25, -0.2) is 4.79 Å². The standard InChI is InChI=1S/C21H21N5O4/c1-3-26-19-18(14(2)23-26)24(13-17(27)22-15-8-5-4-6-9-15)21(29)25(20(19)28)12-16-10-7-11-30-16/h4-11H,3,12-13H2,1-2H3,(H,22,27). The Labute approximate surface area is 171 Å². The van der Waals surface area contributed by atoms with E-state index in [-0.39, 0.29) is 24.5 Å². The van der Waals surface area contributed by atoms with Gasteiger partial charge in [0.05, 0.1) is 18.5 Å². The molecule has 0 spiro atoms. The van der Waals surface area contributed by atoms with E-state index in [0.717, 1.165) is 4.57 Å². The Morgan fingerprint density at radius 2 is 1.83 bits per heavy atom. The van der Waals surface area contributed by atoms with Gasteiger partial charge in [-0.05, 0) is 38.1 Å². The van der Waals surface area contributed by atoms with Crippen LogP contribution in [0.25, 0.3) is 11.0 Å². The number of aromatic nitrogens is 4. The summed E-state index contributed by atoms with van der Waals surface area (Å²) in [7, 11) is 0. The number of fused-ring (bicyclic) bond motifs is 1. The molecule has 1 aromatic carbocycles. The molecule has 0 bridgehead atoms. The molecule has 154 valence electrons. The fraction of sp³-hybridized carbons (Fsp3) is 0.238. The smallest absolute Gasteiger partial charge is 0.332 e. The second-order valence-electron chi connectivity index (χ2n) is 6.85. The van der Waals surface area contributed by atoms with Crippen molar-refractivity contribution in [3.05, 3.63) is 81.0 Å².